The molecule has 0 amide bonds. The third-order valence-electron chi connectivity index (χ3n) is 7.39. The molecule has 2 aliphatic rings. The molecule has 3 N–H and O–H groups in total. The maximum atomic E-state index is 11.5. The Bertz CT molecular complexity index is 1150. The van der Waals surface area contributed by atoms with Crippen LogP contribution in [0.3, 0.4) is 0 Å². The summed E-state index contributed by atoms with van der Waals surface area (Å²) in [5.74, 6) is 3.48. The van der Waals surface area contributed by atoms with Gasteiger partial charge in [0.05, 0.1) is 0 Å². The summed E-state index contributed by atoms with van der Waals surface area (Å²) in [6.45, 7) is 8.29. The molecule has 2 saturated carbocycles. The van der Waals surface area contributed by atoms with E-state index in [0.717, 1.165) is 36.3 Å². The van der Waals surface area contributed by atoms with E-state index in [9.17, 15) is 4.79 Å². The second-order valence-electron chi connectivity index (χ2n) is 9.84. The van der Waals surface area contributed by atoms with Crippen molar-refractivity contribution < 1.29 is 4.52 Å². The molecule has 2 fully saturated rings. The lowest BCUT2D eigenvalue weighted by Crippen LogP contribution is -2.31. The summed E-state index contributed by atoms with van der Waals surface area (Å²) in [6, 6.07) is 0.280. The Morgan fingerprint density at radius 1 is 1.15 bits per heavy atom. The molecule has 0 spiro atoms. The van der Waals surface area contributed by atoms with Crippen LogP contribution in [0.2, 0.25) is 0 Å². The monoisotopic (exact) mass is 454 g/mol. The minimum absolute atomic E-state index is 0.210. The van der Waals surface area contributed by atoms with E-state index in [4.69, 9.17) is 14.5 Å². The van der Waals surface area contributed by atoms with Crippen LogP contribution in [0.4, 0.5) is 11.8 Å². The first kappa shape index (κ1) is 21.9. The van der Waals surface area contributed by atoms with Gasteiger partial charge in [-0.15, -0.1) is 0 Å². The van der Waals surface area contributed by atoms with Crippen LogP contribution in [0.1, 0.15) is 65.7 Å². The van der Waals surface area contributed by atoms with Gasteiger partial charge in [-0.1, -0.05) is 31.3 Å². The van der Waals surface area contributed by atoms with Crippen molar-refractivity contribution in [2.24, 2.45) is 17.8 Å². The molecule has 5 rings (SSSR count). The van der Waals surface area contributed by atoms with Crippen molar-refractivity contribution in [2.75, 3.05) is 17.2 Å². The average molecular weight is 455 g/mol. The van der Waals surface area contributed by atoms with E-state index >= 15 is 0 Å². The molecule has 3 aromatic heterocycles. The topological polar surface area (TPSA) is 127 Å². The Kier molecular flexibility index (Phi) is 6.07. The molecule has 0 saturated heterocycles. The Hall–Kier alpha value is -2.91. The Morgan fingerprint density at radius 3 is 2.58 bits per heavy atom. The number of hydrogen-bond acceptors (Lipinski definition) is 8. The Labute approximate surface area is 193 Å². The van der Waals surface area contributed by atoms with Crippen molar-refractivity contribution in [1.82, 2.24) is 29.7 Å². The lowest BCUT2D eigenvalue weighted by atomic mass is 9.80. The highest BCUT2D eigenvalue weighted by atomic mass is 16.5. The van der Waals surface area contributed by atoms with E-state index in [1.165, 1.54) is 44.9 Å². The minimum atomic E-state index is -0.628. The van der Waals surface area contributed by atoms with Crippen molar-refractivity contribution >= 4 is 22.9 Å². The standard InChI is InChI=1S/C23H34N8O2/c1-4-24-22-28-19-17(31(22)12-15-10-8-13(2)9-11-15)18(25-14(3)16-6-5-7-16)26-20(27-19)21-29-23(32)33-30-21/h13-16H,4-12H2,1-3H3,(H,29,30,32)(H2,24,25,26,27,28)/t13-,14-,15-/m1/s1. The van der Waals surface area contributed by atoms with Gasteiger partial charge in [0.1, 0.15) is 5.52 Å². The maximum absolute atomic E-state index is 11.5. The molecule has 10 heteroatoms. The molecule has 0 aromatic carbocycles. The van der Waals surface area contributed by atoms with Crippen molar-refractivity contribution in [3.05, 3.63) is 10.6 Å². The molecule has 33 heavy (non-hydrogen) atoms. The first-order valence-corrected chi connectivity index (χ1v) is 12.4. The van der Waals surface area contributed by atoms with Gasteiger partial charge in [-0.05, 0) is 57.3 Å². The Morgan fingerprint density at radius 2 is 1.94 bits per heavy atom. The predicted octanol–water partition coefficient (Wildman–Crippen LogP) is 4.03. The predicted molar refractivity (Wildman–Crippen MR) is 127 cm³/mol. The Balaban J connectivity index is 1.59. The number of nitrogens with one attached hydrogen (secondary N) is 3. The summed E-state index contributed by atoms with van der Waals surface area (Å²) in [7, 11) is 0. The molecule has 3 heterocycles. The summed E-state index contributed by atoms with van der Waals surface area (Å²) < 4.78 is 6.95. The van der Waals surface area contributed by atoms with Gasteiger partial charge in [-0.2, -0.15) is 4.98 Å². The largest absolute Gasteiger partial charge is 0.439 e. The number of rotatable bonds is 8. The number of anilines is 2. The van der Waals surface area contributed by atoms with Crippen molar-refractivity contribution in [2.45, 2.75) is 78.3 Å². The zero-order valence-electron chi connectivity index (χ0n) is 19.7. The highest BCUT2D eigenvalue weighted by Crippen LogP contribution is 2.35. The summed E-state index contributed by atoms with van der Waals surface area (Å²) in [4.78, 5) is 28.4. The van der Waals surface area contributed by atoms with Gasteiger partial charge in [0.15, 0.2) is 11.5 Å². The van der Waals surface area contributed by atoms with Crippen LogP contribution in [0.15, 0.2) is 9.32 Å². The summed E-state index contributed by atoms with van der Waals surface area (Å²) in [5, 5.41) is 10.9. The number of aromatic amines is 1. The molecule has 0 unspecified atom stereocenters. The number of fused-ring (bicyclic) bond motifs is 1. The van der Waals surface area contributed by atoms with Crippen LogP contribution in [0, 0.1) is 17.8 Å². The summed E-state index contributed by atoms with van der Waals surface area (Å²) in [5.41, 5.74) is 1.50. The highest BCUT2D eigenvalue weighted by Gasteiger charge is 2.28. The second kappa shape index (κ2) is 9.15. The third-order valence-corrected chi connectivity index (χ3v) is 7.39. The summed E-state index contributed by atoms with van der Waals surface area (Å²) >= 11 is 0. The lowest BCUT2D eigenvalue weighted by Gasteiger charge is -2.32. The number of imidazole rings is 1. The third kappa shape index (κ3) is 4.47. The number of H-pyrrole nitrogens is 1. The maximum Gasteiger partial charge on any atom is 0.439 e. The zero-order chi connectivity index (χ0) is 22.9. The van der Waals surface area contributed by atoms with Crippen LogP contribution < -0.4 is 16.4 Å². The first-order chi connectivity index (χ1) is 16.0. The van der Waals surface area contributed by atoms with Crippen molar-refractivity contribution in [3.63, 3.8) is 0 Å². The SMILES string of the molecule is CCNc1nc2nc(-c3noc(=O)[nH]3)nc(N[C@H](C)C3CCC3)c2n1C[C@H]1CC[C@H](C)CC1. The van der Waals surface area contributed by atoms with Gasteiger partial charge in [0, 0.05) is 19.1 Å². The fourth-order valence-electron chi connectivity index (χ4n) is 5.08. The van der Waals surface area contributed by atoms with Gasteiger partial charge in [0.2, 0.25) is 17.6 Å². The molecule has 0 aliphatic heterocycles. The van der Waals surface area contributed by atoms with E-state index in [1.54, 1.807) is 0 Å². The molecular formula is C23H34N8O2. The van der Waals surface area contributed by atoms with Crippen molar-refractivity contribution in [3.8, 4) is 11.6 Å². The van der Waals surface area contributed by atoms with Gasteiger partial charge in [0.25, 0.3) is 0 Å². The fraction of sp³-hybridized carbons (Fsp3) is 0.696. The van der Waals surface area contributed by atoms with Crippen LogP contribution >= 0.6 is 0 Å². The van der Waals surface area contributed by atoms with Crippen LogP contribution in [-0.2, 0) is 6.54 Å². The number of hydrogen-bond donors (Lipinski definition) is 3. The van der Waals surface area contributed by atoms with Gasteiger partial charge in [-0.25, -0.2) is 14.8 Å². The highest BCUT2D eigenvalue weighted by molar-refractivity contribution is 5.87. The first-order valence-electron chi connectivity index (χ1n) is 12.4. The average Bonchev–Trinajstić information content (AvgIpc) is 3.32. The zero-order valence-corrected chi connectivity index (χ0v) is 19.7. The number of nitrogens with zero attached hydrogens (tertiary/aromatic N) is 5. The van der Waals surface area contributed by atoms with Crippen molar-refractivity contribution in [1.29, 1.82) is 0 Å². The van der Waals surface area contributed by atoms with E-state index < -0.39 is 5.76 Å². The van der Waals surface area contributed by atoms with E-state index in [0.29, 0.717) is 23.3 Å². The van der Waals surface area contributed by atoms with Gasteiger partial charge in [-0.3, -0.25) is 9.51 Å². The van der Waals surface area contributed by atoms with Gasteiger partial charge >= 0.3 is 5.76 Å². The van der Waals surface area contributed by atoms with E-state index in [1.807, 2.05) is 0 Å². The molecule has 0 bridgehead atoms. The smallest absolute Gasteiger partial charge is 0.365 e. The molecular weight excluding hydrogens is 420 g/mol. The number of aromatic nitrogens is 6. The molecule has 178 valence electrons. The molecule has 10 nitrogen and oxygen atoms in total. The van der Waals surface area contributed by atoms with Crippen LogP contribution in [0.5, 0.6) is 0 Å². The molecule has 0 radical (unpaired) electrons. The quantitative estimate of drug-likeness (QED) is 0.466. The minimum Gasteiger partial charge on any atom is -0.365 e. The molecule has 1 atom stereocenters. The van der Waals surface area contributed by atoms with E-state index in [2.05, 4.69) is 51.1 Å². The normalized spacial score (nSPS) is 22.3. The summed E-state index contributed by atoms with van der Waals surface area (Å²) in [6.07, 6.45) is 8.75. The second-order valence-corrected chi connectivity index (χ2v) is 9.84. The molecule has 3 aromatic rings. The van der Waals surface area contributed by atoms with Crippen LogP contribution in [-0.4, -0.2) is 42.2 Å². The molecule has 2 aliphatic carbocycles. The lowest BCUT2D eigenvalue weighted by molar-refractivity contribution is 0.267. The van der Waals surface area contributed by atoms with E-state index in [-0.39, 0.29) is 11.9 Å². The van der Waals surface area contributed by atoms with Crippen LogP contribution in [0.25, 0.3) is 22.8 Å². The fourth-order valence-corrected chi connectivity index (χ4v) is 5.08. The van der Waals surface area contributed by atoms with Gasteiger partial charge < -0.3 is 15.2 Å².